The Balaban J connectivity index is 0.00000320. The number of aromatic nitrogens is 1. The average molecular weight is 522 g/mol. The van der Waals surface area contributed by atoms with Gasteiger partial charge in [-0.15, -0.1) is 24.0 Å². The molecule has 0 aliphatic heterocycles. The fourth-order valence-electron chi connectivity index (χ4n) is 3.23. The van der Waals surface area contributed by atoms with Gasteiger partial charge in [0.25, 0.3) is 0 Å². The fraction of sp³-hybridized carbons (Fsp3) is 0.348. The second-order valence-electron chi connectivity index (χ2n) is 6.91. The van der Waals surface area contributed by atoms with Crippen LogP contribution in [0.2, 0.25) is 0 Å². The van der Waals surface area contributed by atoms with Gasteiger partial charge in [0.05, 0.1) is 6.61 Å². The maximum Gasteiger partial charge on any atom is 0.191 e. The number of benzene rings is 2. The molecule has 0 aliphatic carbocycles. The van der Waals surface area contributed by atoms with Gasteiger partial charge >= 0.3 is 0 Å². The summed E-state index contributed by atoms with van der Waals surface area (Å²) in [5.41, 5.74) is 4.73. The van der Waals surface area contributed by atoms with E-state index in [0.717, 1.165) is 30.2 Å². The number of aliphatic imine (C=N–C) groups is 1. The van der Waals surface area contributed by atoms with Crippen molar-refractivity contribution < 1.29 is 9.47 Å². The number of rotatable bonds is 9. The second kappa shape index (κ2) is 12.4. The zero-order valence-electron chi connectivity index (χ0n) is 17.8. The maximum absolute atomic E-state index is 5.87. The Morgan fingerprint density at radius 3 is 2.70 bits per heavy atom. The van der Waals surface area contributed by atoms with E-state index in [4.69, 9.17) is 9.47 Å². The van der Waals surface area contributed by atoms with Crippen LogP contribution in [0, 0.1) is 6.92 Å². The number of hydrogen-bond donors (Lipinski definition) is 3. The number of para-hydroxylation sites is 1. The standard InChI is InChI=1S/C23H30N4O2.HI/c1-17-8-9-19(22(14-17)29-13-12-28-3)16-27-23(24-2)25-11-10-18-15-26-21-7-5-4-6-20(18)21;/h4-9,14-15,26H,10-13,16H2,1-3H3,(H2,24,25,27);1H. The van der Waals surface area contributed by atoms with Crippen molar-refractivity contribution in [3.63, 3.8) is 0 Å². The summed E-state index contributed by atoms with van der Waals surface area (Å²) in [6, 6.07) is 14.6. The molecule has 1 aromatic heterocycles. The highest BCUT2D eigenvalue weighted by Crippen LogP contribution is 2.20. The molecule has 0 saturated heterocycles. The minimum absolute atomic E-state index is 0. The van der Waals surface area contributed by atoms with E-state index in [1.165, 1.54) is 22.0 Å². The van der Waals surface area contributed by atoms with Gasteiger partial charge < -0.3 is 25.1 Å². The van der Waals surface area contributed by atoms with Gasteiger partial charge in [-0.05, 0) is 36.6 Å². The topological polar surface area (TPSA) is 70.7 Å². The van der Waals surface area contributed by atoms with Crippen LogP contribution in [0.3, 0.4) is 0 Å². The molecule has 30 heavy (non-hydrogen) atoms. The van der Waals surface area contributed by atoms with Crippen molar-refractivity contribution in [1.29, 1.82) is 0 Å². The van der Waals surface area contributed by atoms with Crippen LogP contribution in [0.25, 0.3) is 10.9 Å². The number of halogens is 1. The minimum Gasteiger partial charge on any atom is -0.491 e. The molecule has 1 heterocycles. The number of aryl methyl sites for hydroxylation is 1. The zero-order chi connectivity index (χ0) is 20.5. The number of H-pyrrole nitrogens is 1. The first-order valence-corrected chi connectivity index (χ1v) is 9.92. The first-order chi connectivity index (χ1) is 14.2. The molecule has 3 rings (SSSR count). The monoisotopic (exact) mass is 522 g/mol. The zero-order valence-corrected chi connectivity index (χ0v) is 20.2. The lowest BCUT2D eigenvalue weighted by Crippen LogP contribution is -2.37. The third kappa shape index (κ3) is 6.63. The highest BCUT2D eigenvalue weighted by atomic mass is 127. The van der Waals surface area contributed by atoms with Gasteiger partial charge in [-0.2, -0.15) is 0 Å². The summed E-state index contributed by atoms with van der Waals surface area (Å²) in [6.07, 6.45) is 3.00. The molecule has 0 spiro atoms. The van der Waals surface area contributed by atoms with Crippen molar-refractivity contribution in [3.05, 3.63) is 65.4 Å². The molecule has 3 N–H and O–H groups in total. The summed E-state index contributed by atoms with van der Waals surface area (Å²) >= 11 is 0. The van der Waals surface area contributed by atoms with Crippen LogP contribution >= 0.6 is 24.0 Å². The van der Waals surface area contributed by atoms with E-state index >= 15 is 0 Å². The summed E-state index contributed by atoms with van der Waals surface area (Å²) < 4.78 is 10.9. The molecule has 0 atom stereocenters. The Kier molecular flexibility index (Phi) is 9.96. The molecule has 0 aliphatic rings. The van der Waals surface area contributed by atoms with E-state index < -0.39 is 0 Å². The van der Waals surface area contributed by atoms with Crippen LogP contribution in [0.4, 0.5) is 0 Å². The summed E-state index contributed by atoms with van der Waals surface area (Å²) in [6.45, 7) is 4.59. The number of nitrogens with zero attached hydrogens (tertiary/aromatic N) is 1. The molecule has 0 radical (unpaired) electrons. The Hall–Kier alpha value is -2.26. The number of hydrogen-bond acceptors (Lipinski definition) is 3. The maximum atomic E-state index is 5.87. The lowest BCUT2D eigenvalue weighted by Gasteiger charge is -2.15. The molecular weight excluding hydrogens is 491 g/mol. The van der Waals surface area contributed by atoms with E-state index in [-0.39, 0.29) is 24.0 Å². The molecule has 162 valence electrons. The van der Waals surface area contributed by atoms with Crippen LogP contribution in [0.1, 0.15) is 16.7 Å². The molecule has 0 saturated carbocycles. The predicted molar refractivity (Wildman–Crippen MR) is 134 cm³/mol. The lowest BCUT2D eigenvalue weighted by molar-refractivity contribution is 0.145. The van der Waals surface area contributed by atoms with Gasteiger partial charge in [-0.3, -0.25) is 4.99 Å². The average Bonchev–Trinajstić information content (AvgIpc) is 3.15. The van der Waals surface area contributed by atoms with E-state index in [1.54, 1.807) is 14.2 Å². The number of fused-ring (bicyclic) bond motifs is 1. The van der Waals surface area contributed by atoms with Crippen LogP contribution in [0.5, 0.6) is 5.75 Å². The first-order valence-electron chi connectivity index (χ1n) is 9.92. The normalized spacial score (nSPS) is 11.2. The molecule has 0 fully saturated rings. The lowest BCUT2D eigenvalue weighted by atomic mass is 10.1. The second-order valence-corrected chi connectivity index (χ2v) is 6.91. The summed E-state index contributed by atoms with van der Waals surface area (Å²) in [7, 11) is 3.46. The number of guanidine groups is 1. The van der Waals surface area contributed by atoms with Gasteiger partial charge in [-0.25, -0.2) is 0 Å². The summed E-state index contributed by atoms with van der Waals surface area (Å²) in [5.74, 6) is 1.65. The molecule has 2 aromatic carbocycles. The van der Waals surface area contributed by atoms with E-state index in [1.807, 2.05) is 6.07 Å². The Bertz CT molecular complexity index is 955. The smallest absolute Gasteiger partial charge is 0.191 e. The number of nitrogens with one attached hydrogen (secondary N) is 3. The van der Waals surface area contributed by atoms with Crippen LogP contribution < -0.4 is 15.4 Å². The Morgan fingerprint density at radius 1 is 1.07 bits per heavy atom. The van der Waals surface area contributed by atoms with Crippen LogP contribution in [-0.4, -0.2) is 44.9 Å². The molecule has 7 heteroatoms. The highest BCUT2D eigenvalue weighted by molar-refractivity contribution is 14.0. The first kappa shape index (κ1) is 24.0. The highest BCUT2D eigenvalue weighted by Gasteiger charge is 2.07. The quantitative estimate of drug-likeness (QED) is 0.172. The fourth-order valence-corrected chi connectivity index (χ4v) is 3.23. The van der Waals surface area contributed by atoms with Gasteiger partial charge in [0.15, 0.2) is 5.96 Å². The van der Waals surface area contributed by atoms with Gasteiger partial charge in [0.2, 0.25) is 0 Å². The minimum atomic E-state index is 0. The third-order valence-electron chi connectivity index (χ3n) is 4.80. The molecular formula is C23H31IN4O2. The molecule has 6 nitrogen and oxygen atoms in total. The molecule has 3 aromatic rings. The SMILES string of the molecule is CN=C(NCCc1c[nH]c2ccccc12)NCc1ccc(C)cc1OCCOC.I. The van der Waals surface area contributed by atoms with E-state index in [0.29, 0.717) is 19.8 Å². The Labute approximate surface area is 195 Å². The number of ether oxygens (including phenoxy) is 2. The van der Waals surface area contributed by atoms with E-state index in [2.05, 4.69) is 70.1 Å². The number of aromatic amines is 1. The summed E-state index contributed by atoms with van der Waals surface area (Å²) in [5, 5.41) is 8.04. The van der Waals surface area contributed by atoms with Crippen LogP contribution in [-0.2, 0) is 17.7 Å². The van der Waals surface area contributed by atoms with Crippen LogP contribution in [0.15, 0.2) is 53.7 Å². The molecule has 0 bridgehead atoms. The van der Waals surface area contributed by atoms with Crippen molar-refractivity contribution in [2.24, 2.45) is 4.99 Å². The summed E-state index contributed by atoms with van der Waals surface area (Å²) in [4.78, 5) is 7.65. The van der Waals surface area contributed by atoms with Gasteiger partial charge in [0, 0.05) is 49.9 Å². The van der Waals surface area contributed by atoms with Gasteiger partial charge in [-0.1, -0.05) is 30.3 Å². The van der Waals surface area contributed by atoms with E-state index in [9.17, 15) is 0 Å². The molecule has 0 unspecified atom stereocenters. The largest absolute Gasteiger partial charge is 0.491 e. The predicted octanol–water partition coefficient (Wildman–Crippen LogP) is 4.03. The van der Waals surface area contributed by atoms with Crippen molar-refractivity contribution in [3.8, 4) is 5.75 Å². The van der Waals surface area contributed by atoms with Crippen molar-refractivity contribution in [2.45, 2.75) is 19.9 Å². The van der Waals surface area contributed by atoms with Gasteiger partial charge in [0.1, 0.15) is 12.4 Å². The molecule has 0 amide bonds. The van der Waals surface area contributed by atoms with Crippen molar-refractivity contribution in [2.75, 3.05) is 33.9 Å². The van der Waals surface area contributed by atoms with Crippen molar-refractivity contribution >= 4 is 40.8 Å². The Morgan fingerprint density at radius 2 is 1.90 bits per heavy atom. The van der Waals surface area contributed by atoms with Crippen molar-refractivity contribution in [1.82, 2.24) is 15.6 Å². The number of methoxy groups -OCH3 is 1. The third-order valence-corrected chi connectivity index (χ3v) is 4.80.